The Bertz CT molecular complexity index is 499. The molecule has 2 rings (SSSR count). The van der Waals surface area contributed by atoms with Crippen LogP contribution in [0.3, 0.4) is 0 Å². The van der Waals surface area contributed by atoms with Crippen molar-refractivity contribution < 1.29 is 9.90 Å². The summed E-state index contributed by atoms with van der Waals surface area (Å²) in [4.78, 5) is 15.8. The number of hydrogen-bond acceptors (Lipinski definition) is 3. The molecule has 1 aliphatic rings. The van der Waals surface area contributed by atoms with Crippen LogP contribution in [-0.2, 0) is 6.54 Å². The Kier molecular flexibility index (Phi) is 5.62. The molecular weight excluding hydrogens is 288 g/mol. The molecule has 116 valence electrons. The summed E-state index contributed by atoms with van der Waals surface area (Å²) < 4.78 is 0. The number of piperazine rings is 1. The molecule has 5 heteroatoms. The number of benzene rings is 1. The van der Waals surface area contributed by atoms with Crippen LogP contribution in [0.15, 0.2) is 18.2 Å². The number of rotatable bonds is 5. The van der Waals surface area contributed by atoms with Crippen LogP contribution in [0.4, 0.5) is 0 Å². The first-order valence-corrected chi connectivity index (χ1v) is 7.87. The highest BCUT2D eigenvalue weighted by molar-refractivity contribution is 6.31. The molecule has 1 aromatic carbocycles. The van der Waals surface area contributed by atoms with Crippen LogP contribution in [-0.4, -0.2) is 53.1 Å². The molecule has 1 heterocycles. The van der Waals surface area contributed by atoms with Gasteiger partial charge in [-0.25, -0.2) is 4.79 Å². The Morgan fingerprint density at radius 2 is 2.00 bits per heavy atom. The number of carboxylic acid groups (broad SMARTS) is 1. The topological polar surface area (TPSA) is 43.8 Å². The third-order valence-corrected chi connectivity index (χ3v) is 4.67. The minimum absolute atomic E-state index is 0.241. The van der Waals surface area contributed by atoms with E-state index < -0.39 is 5.97 Å². The van der Waals surface area contributed by atoms with Crippen molar-refractivity contribution in [2.24, 2.45) is 0 Å². The van der Waals surface area contributed by atoms with Gasteiger partial charge in [-0.2, -0.15) is 0 Å². The summed E-state index contributed by atoms with van der Waals surface area (Å²) in [6.07, 6.45) is 1.18. The summed E-state index contributed by atoms with van der Waals surface area (Å²) in [6, 6.07) is 5.63. The van der Waals surface area contributed by atoms with E-state index in [4.69, 9.17) is 16.7 Å². The van der Waals surface area contributed by atoms with Crippen LogP contribution in [0, 0.1) is 0 Å². The predicted molar refractivity (Wildman–Crippen MR) is 85.0 cm³/mol. The molecule has 4 nitrogen and oxygen atoms in total. The molecular formula is C16H23ClN2O2. The fraction of sp³-hybridized carbons (Fsp3) is 0.562. The van der Waals surface area contributed by atoms with Crippen LogP contribution in [0.5, 0.6) is 0 Å². The number of halogens is 1. The Morgan fingerprint density at radius 3 is 2.52 bits per heavy atom. The largest absolute Gasteiger partial charge is 0.478 e. The average Bonchev–Trinajstić information content (AvgIpc) is 2.49. The second kappa shape index (κ2) is 7.25. The van der Waals surface area contributed by atoms with E-state index in [1.807, 2.05) is 6.07 Å². The number of carbonyl (C=O) groups is 1. The van der Waals surface area contributed by atoms with Crippen LogP contribution in [0.2, 0.25) is 5.02 Å². The van der Waals surface area contributed by atoms with E-state index in [9.17, 15) is 4.79 Å². The zero-order valence-electron chi connectivity index (χ0n) is 12.7. The number of nitrogens with zero attached hydrogens (tertiary/aromatic N) is 2. The monoisotopic (exact) mass is 310 g/mol. The van der Waals surface area contributed by atoms with Crippen LogP contribution in [0.25, 0.3) is 0 Å². The van der Waals surface area contributed by atoms with Gasteiger partial charge >= 0.3 is 5.97 Å². The lowest BCUT2D eigenvalue weighted by Gasteiger charge is -2.38. The number of carboxylic acids is 1. The van der Waals surface area contributed by atoms with E-state index in [1.54, 1.807) is 6.07 Å². The van der Waals surface area contributed by atoms with E-state index in [0.717, 1.165) is 38.3 Å². The minimum atomic E-state index is -0.939. The molecule has 1 N–H and O–H groups in total. The first-order chi connectivity index (χ1) is 10.0. The molecule has 1 fully saturated rings. The van der Waals surface area contributed by atoms with Crippen molar-refractivity contribution in [3.05, 3.63) is 34.3 Å². The highest BCUT2D eigenvalue weighted by atomic mass is 35.5. The van der Waals surface area contributed by atoms with E-state index in [-0.39, 0.29) is 5.56 Å². The third-order valence-electron chi connectivity index (χ3n) is 4.32. The van der Waals surface area contributed by atoms with Gasteiger partial charge in [-0.15, -0.1) is 0 Å². The molecule has 1 aliphatic heterocycles. The van der Waals surface area contributed by atoms with Gasteiger partial charge in [-0.05, 0) is 31.0 Å². The van der Waals surface area contributed by atoms with Gasteiger partial charge < -0.3 is 5.11 Å². The summed E-state index contributed by atoms with van der Waals surface area (Å²) in [5, 5.41) is 9.49. The molecule has 0 aliphatic carbocycles. The fourth-order valence-electron chi connectivity index (χ4n) is 2.67. The van der Waals surface area contributed by atoms with Crippen molar-refractivity contribution in [1.82, 2.24) is 9.80 Å². The lowest BCUT2D eigenvalue weighted by atomic mass is 10.1. The van der Waals surface area contributed by atoms with Gasteiger partial charge in [-0.1, -0.05) is 24.6 Å². The fourth-order valence-corrected chi connectivity index (χ4v) is 2.91. The van der Waals surface area contributed by atoms with Gasteiger partial charge in [0.1, 0.15) is 0 Å². The van der Waals surface area contributed by atoms with Crippen molar-refractivity contribution in [1.29, 1.82) is 0 Å². The first kappa shape index (κ1) is 16.3. The first-order valence-electron chi connectivity index (χ1n) is 7.49. The van der Waals surface area contributed by atoms with Crippen LogP contribution >= 0.6 is 11.6 Å². The summed E-state index contributed by atoms with van der Waals surface area (Å²) in [5.41, 5.74) is 1.24. The van der Waals surface area contributed by atoms with Gasteiger partial charge in [0.15, 0.2) is 0 Å². The molecule has 21 heavy (non-hydrogen) atoms. The predicted octanol–water partition coefficient (Wildman–Crippen LogP) is 2.95. The van der Waals surface area contributed by atoms with Crippen molar-refractivity contribution in [2.75, 3.05) is 26.2 Å². The Labute approximate surface area is 131 Å². The quantitative estimate of drug-likeness (QED) is 0.908. The number of aromatic carboxylic acids is 1. The minimum Gasteiger partial charge on any atom is -0.478 e. The molecule has 0 saturated carbocycles. The van der Waals surface area contributed by atoms with Crippen LogP contribution < -0.4 is 0 Å². The summed E-state index contributed by atoms with van der Waals surface area (Å²) in [7, 11) is 0. The zero-order valence-corrected chi connectivity index (χ0v) is 13.4. The highest BCUT2D eigenvalue weighted by Gasteiger charge is 2.20. The van der Waals surface area contributed by atoms with Crippen molar-refractivity contribution in [3.63, 3.8) is 0 Å². The molecule has 1 atom stereocenters. The van der Waals surface area contributed by atoms with Gasteiger partial charge in [0.2, 0.25) is 0 Å². The molecule has 1 unspecified atom stereocenters. The van der Waals surface area contributed by atoms with Gasteiger partial charge in [0, 0.05) is 43.8 Å². The van der Waals surface area contributed by atoms with Crippen molar-refractivity contribution in [3.8, 4) is 0 Å². The molecule has 0 bridgehead atoms. The van der Waals surface area contributed by atoms with Gasteiger partial charge in [0.25, 0.3) is 0 Å². The highest BCUT2D eigenvalue weighted by Crippen LogP contribution is 2.21. The second-order valence-electron chi connectivity index (χ2n) is 5.68. The smallest absolute Gasteiger partial charge is 0.335 e. The summed E-state index contributed by atoms with van der Waals surface area (Å²) >= 11 is 6.19. The molecule has 0 spiro atoms. The van der Waals surface area contributed by atoms with Crippen molar-refractivity contribution in [2.45, 2.75) is 32.9 Å². The van der Waals surface area contributed by atoms with Gasteiger partial charge in [0.05, 0.1) is 5.56 Å². The molecule has 1 saturated heterocycles. The SMILES string of the molecule is CCC(C)N1CCN(Cc2ccc(C(=O)O)cc2Cl)CC1. The van der Waals surface area contributed by atoms with E-state index in [0.29, 0.717) is 11.1 Å². The lowest BCUT2D eigenvalue weighted by Crippen LogP contribution is -2.49. The lowest BCUT2D eigenvalue weighted by molar-refractivity contribution is 0.0697. The standard InChI is InChI=1S/C16H23ClN2O2/c1-3-12(2)19-8-6-18(7-9-19)11-14-5-4-13(16(20)21)10-15(14)17/h4-5,10,12H,3,6-9,11H2,1-2H3,(H,20,21). The van der Waals surface area contributed by atoms with Crippen molar-refractivity contribution >= 4 is 17.6 Å². The third kappa shape index (κ3) is 4.19. The maximum atomic E-state index is 10.9. The van der Waals surface area contributed by atoms with E-state index in [2.05, 4.69) is 23.6 Å². The maximum Gasteiger partial charge on any atom is 0.335 e. The molecule has 0 aromatic heterocycles. The second-order valence-corrected chi connectivity index (χ2v) is 6.09. The molecule has 0 amide bonds. The maximum absolute atomic E-state index is 10.9. The number of hydrogen-bond donors (Lipinski definition) is 1. The summed E-state index contributed by atoms with van der Waals surface area (Å²) in [5.74, 6) is -0.939. The zero-order chi connectivity index (χ0) is 15.4. The Balaban J connectivity index is 1.93. The molecule has 0 radical (unpaired) electrons. The molecule has 1 aromatic rings. The summed E-state index contributed by atoms with van der Waals surface area (Å²) in [6.45, 7) is 9.51. The normalized spacial score (nSPS) is 18.6. The average molecular weight is 311 g/mol. The van der Waals surface area contributed by atoms with E-state index in [1.165, 1.54) is 12.5 Å². The van der Waals surface area contributed by atoms with Gasteiger partial charge in [-0.3, -0.25) is 9.80 Å². The van der Waals surface area contributed by atoms with Crippen LogP contribution in [0.1, 0.15) is 36.2 Å². The Morgan fingerprint density at radius 1 is 1.33 bits per heavy atom. The Hall–Kier alpha value is -1.10. The van der Waals surface area contributed by atoms with E-state index >= 15 is 0 Å².